The van der Waals surface area contributed by atoms with Crippen molar-refractivity contribution in [2.75, 3.05) is 25.0 Å². The molecule has 26 heavy (non-hydrogen) atoms. The average Bonchev–Trinajstić information content (AvgIpc) is 3.08. The van der Waals surface area contributed by atoms with Gasteiger partial charge in [0.05, 0.1) is 18.1 Å². The van der Waals surface area contributed by atoms with Gasteiger partial charge >= 0.3 is 5.97 Å². The number of hydrogen-bond acceptors (Lipinski definition) is 5. The van der Waals surface area contributed by atoms with E-state index in [9.17, 15) is 4.79 Å². The number of aromatic nitrogens is 2. The van der Waals surface area contributed by atoms with Crippen molar-refractivity contribution in [1.29, 1.82) is 0 Å². The van der Waals surface area contributed by atoms with Gasteiger partial charge in [-0.25, -0.2) is 9.78 Å². The number of anilines is 1. The normalized spacial score (nSPS) is 17.7. The molecule has 7 heteroatoms. The summed E-state index contributed by atoms with van der Waals surface area (Å²) < 4.78 is 1.11. The minimum atomic E-state index is -0.997. The molecule has 1 aliphatic heterocycles. The Bertz CT molecular complexity index is 762. The molecule has 136 valence electrons. The molecule has 2 aromatic rings. The number of carboxylic acid groups (broad SMARTS) is 1. The number of carbonyl (C=O) groups is 1. The van der Waals surface area contributed by atoms with Crippen molar-refractivity contribution in [3.05, 3.63) is 58.5 Å². The lowest BCUT2D eigenvalue weighted by Crippen LogP contribution is -2.28. The van der Waals surface area contributed by atoms with Crippen LogP contribution < -0.4 is 5.32 Å². The second-order valence-electron chi connectivity index (χ2n) is 6.31. The summed E-state index contributed by atoms with van der Waals surface area (Å²) in [6, 6.07) is 8.84. The number of carboxylic acids is 1. The van der Waals surface area contributed by atoms with Crippen LogP contribution in [0, 0.1) is 0 Å². The molecule has 0 aliphatic carbocycles. The van der Waals surface area contributed by atoms with Gasteiger partial charge in [0.2, 0.25) is 0 Å². The Balaban J connectivity index is 1.45. The van der Waals surface area contributed by atoms with E-state index >= 15 is 0 Å². The van der Waals surface area contributed by atoms with Crippen molar-refractivity contribution in [3.8, 4) is 0 Å². The molecule has 0 bridgehead atoms. The van der Waals surface area contributed by atoms with Gasteiger partial charge < -0.3 is 15.3 Å². The lowest BCUT2D eigenvalue weighted by molar-refractivity contribution is -0.131. The van der Waals surface area contributed by atoms with Crippen molar-refractivity contribution >= 4 is 33.8 Å². The molecule has 2 N–H and O–H groups in total. The summed E-state index contributed by atoms with van der Waals surface area (Å²) in [7, 11) is 0. The molecule has 0 radical (unpaired) electrons. The van der Waals surface area contributed by atoms with Gasteiger partial charge in [-0.05, 0) is 36.6 Å². The van der Waals surface area contributed by atoms with Crippen LogP contribution in [0.15, 0.2) is 47.2 Å². The molecule has 1 fully saturated rings. The number of likely N-dealkylation sites (tertiary alicyclic amines) is 1. The Morgan fingerprint density at radius 2 is 2.12 bits per heavy atom. The SMILES string of the molecule is O=C(O)/C=C/c1cnc(N[C@@H]2CCN(CCc3ccc(Br)cc3)C2)cn1. The summed E-state index contributed by atoms with van der Waals surface area (Å²) >= 11 is 3.46. The molecule has 0 amide bonds. The van der Waals surface area contributed by atoms with E-state index in [-0.39, 0.29) is 0 Å². The number of hydrogen-bond donors (Lipinski definition) is 2. The zero-order valence-electron chi connectivity index (χ0n) is 14.3. The van der Waals surface area contributed by atoms with Crippen LogP contribution in [-0.4, -0.2) is 51.6 Å². The van der Waals surface area contributed by atoms with Crippen molar-refractivity contribution in [2.45, 2.75) is 18.9 Å². The molecular weight excluding hydrogens is 396 g/mol. The van der Waals surface area contributed by atoms with Gasteiger partial charge in [-0.15, -0.1) is 0 Å². The molecule has 1 saturated heterocycles. The monoisotopic (exact) mass is 416 g/mol. The average molecular weight is 417 g/mol. The number of aliphatic carboxylic acids is 1. The van der Waals surface area contributed by atoms with E-state index < -0.39 is 5.97 Å². The summed E-state index contributed by atoms with van der Waals surface area (Å²) in [5.74, 6) is -0.277. The summed E-state index contributed by atoms with van der Waals surface area (Å²) in [6.45, 7) is 3.10. The van der Waals surface area contributed by atoms with Gasteiger partial charge in [0, 0.05) is 36.2 Å². The second kappa shape index (κ2) is 8.91. The molecule has 1 atom stereocenters. The van der Waals surface area contributed by atoms with Crippen LogP contribution in [0.4, 0.5) is 5.82 Å². The van der Waals surface area contributed by atoms with Gasteiger partial charge in [-0.2, -0.15) is 0 Å². The summed E-state index contributed by atoms with van der Waals surface area (Å²) in [5.41, 5.74) is 1.88. The Hall–Kier alpha value is -2.25. The maximum absolute atomic E-state index is 10.5. The number of nitrogens with zero attached hydrogens (tertiary/aromatic N) is 3. The van der Waals surface area contributed by atoms with Crippen molar-refractivity contribution in [2.24, 2.45) is 0 Å². The topological polar surface area (TPSA) is 78.3 Å². The first kappa shape index (κ1) is 18.5. The summed E-state index contributed by atoms with van der Waals surface area (Å²) in [6.07, 6.45) is 7.82. The van der Waals surface area contributed by atoms with Gasteiger partial charge in [0.1, 0.15) is 5.82 Å². The molecule has 1 aromatic heterocycles. The molecule has 2 heterocycles. The molecule has 1 aliphatic rings. The first-order chi connectivity index (χ1) is 12.6. The van der Waals surface area contributed by atoms with Gasteiger partial charge in [-0.1, -0.05) is 28.1 Å². The third-order valence-corrected chi connectivity index (χ3v) is 4.85. The highest BCUT2D eigenvalue weighted by molar-refractivity contribution is 9.10. The Morgan fingerprint density at radius 3 is 2.81 bits per heavy atom. The van der Waals surface area contributed by atoms with Gasteiger partial charge in [0.15, 0.2) is 0 Å². The minimum absolute atomic E-state index is 0.356. The summed E-state index contributed by atoms with van der Waals surface area (Å²) in [5, 5.41) is 12.0. The van der Waals surface area contributed by atoms with Gasteiger partial charge in [-0.3, -0.25) is 4.98 Å². The van der Waals surface area contributed by atoms with E-state index in [4.69, 9.17) is 5.11 Å². The number of benzene rings is 1. The van der Waals surface area contributed by atoms with Crippen molar-refractivity contribution in [3.63, 3.8) is 0 Å². The Morgan fingerprint density at radius 1 is 1.31 bits per heavy atom. The van der Waals surface area contributed by atoms with E-state index in [1.165, 1.54) is 11.6 Å². The van der Waals surface area contributed by atoms with Crippen LogP contribution in [-0.2, 0) is 11.2 Å². The maximum atomic E-state index is 10.5. The fourth-order valence-corrected chi connectivity index (χ4v) is 3.22. The molecule has 0 spiro atoms. The molecular formula is C19H21BrN4O2. The zero-order valence-corrected chi connectivity index (χ0v) is 15.9. The van der Waals surface area contributed by atoms with E-state index in [1.54, 1.807) is 12.4 Å². The highest BCUT2D eigenvalue weighted by atomic mass is 79.9. The first-order valence-corrected chi connectivity index (χ1v) is 9.34. The standard InChI is InChI=1S/C19H21BrN4O2/c20-15-3-1-14(2-4-15)7-9-24-10-8-17(13-24)23-18-12-21-16(11-22-18)5-6-19(25)26/h1-6,11-12,17H,7-10,13H2,(H,22,23)(H,25,26)/b6-5+/t17-/m1/s1. The second-order valence-corrected chi connectivity index (χ2v) is 7.22. The van der Waals surface area contributed by atoms with E-state index in [2.05, 4.69) is 60.4 Å². The van der Waals surface area contributed by atoms with Crippen LogP contribution >= 0.6 is 15.9 Å². The zero-order chi connectivity index (χ0) is 18.4. The van der Waals surface area contributed by atoms with Crippen molar-refractivity contribution < 1.29 is 9.90 Å². The Labute approximate surface area is 161 Å². The van der Waals surface area contributed by atoms with E-state index in [1.807, 2.05) is 0 Å². The highest BCUT2D eigenvalue weighted by Crippen LogP contribution is 2.16. The molecule has 0 saturated carbocycles. The molecule has 0 unspecified atom stereocenters. The van der Waals surface area contributed by atoms with Gasteiger partial charge in [0.25, 0.3) is 0 Å². The van der Waals surface area contributed by atoms with Crippen molar-refractivity contribution in [1.82, 2.24) is 14.9 Å². The summed E-state index contributed by atoms with van der Waals surface area (Å²) in [4.78, 5) is 21.5. The molecule has 1 aromatic carbocycles. The van der Waals surface area contributed by atoms with Crippen LogP contribution in [0.2, 0.25) is 0 Å². The van der Waals surface area contributed by atoms with E-state index in [0.29, 0.717) is 11.7 Å². The van der Waals surface area contributed by atoms with Crippen LogP contribution in [0.3, 0.4) is 0 Å². The van der Waals surface area contributed by atoms with Crippen LogP contribution in [0.25, 0.3) is 6.08 Å². The smallest absolute Gasteiger partial charge is 0.328 e. The number of rotatable bonds is 7. The van der Waals surface area contributed by atoms with Crippen LogP contribution in [0.5, 0.6) is 0 Å². The number of halogens is 1. The maximum Gasteiger partial charge on any atom is 0.328 e. The largest absolute Gasteiger partial charge is 0.478 e. The molecule has 6 nitrogen and oxygen atoms in total. The third kappa shape index (κ3) is 5.64. The lowest BCUT2D eigenvalue weighted by Gasteiger charge is -2.17. The van der Waals surface area contributed by atoms with Crippen LogP contribution in [0.1, 0.15) is 17.7 Å². The highest BCUT2D eigenvalue weighted by Gasteiger charge is 2.22. The lowest BCUT2D eigenvalue weighted by atomic mass is 10.1. The fraction of sp³-hybridized carbons (Fsp3) is 0.316. The quantitative estimate of drug-likeness (QED) is 0.675. The minimum Gasteiger partial charge on any atom is -0.478 e. The first-order valence-electron chi connectivity index (χ1n) is 8.55. The van der Waals surface area contributed by atoms with E-state index in [0.717, 1.165) is 48.8 Å². The number of nitrogens with one attached hydrogen (secondary N) is 1. The fourth-order valence-electron chi connectivity index (χ4n) is 2.96. The third-order valence-electron chi connectivity index (χ3n) is 4.32. The predicted molar refractivity (Wildman–Crippen MR) is 105 cm³/mol. The Kier molecular flexibility index (Phi) is 6.35. The predicted octanol–water partition coefficient (Wildman–Crippen LogP) is 3.07. The molecule has 3 rings (SSSR count).